The first kappa shape index (κ1) is 31.8. The van der Waals surface area contributed by atoms with Crippen molar-refractivity contribution in [1.82, 2.24) is 4.98 Å². The van der Waals surface area contributed by atoms with E-state index in [9.17, 15) is 27.6 Å². The van der Waals surface area contributed by atoms with Crippen LogP contribution in [0.25, 0.3) is 0 Å². The molecule has 0 bridgehead atoms. The molecule has 0 N–H and O–H groups in total. The summed E-state index contributed by atoms with van der Waals surface area (Å²) in [6.45, 7) is 3.94. The van der Waals surface area contributed by atoms with Gasteiger partial charge in [-0.1, -0.05) is 22.9 Å². The van der Waals surface area contributed by atoms with Crippen LogP contribution < -0.4 is 4.74 Å². The highest BCUT2D eigenvalue weighted by atomic mass is 35.5. The van der Waals surface area contributed by atoms with Crippen molar-refractivity contribution in [2.75, 3.05) is 19.5 Å². The number of thiophene rings is 2. The number of aromatic nitrogens is 1. The van der Waals surface area contributed by atoms with Gasteiger partial charge in [0.1, 0.15) is 24.9 Å². The first-order valence-electron chi connectivity index (χ1n) is 13.2. The summed E-state index contributed by atoms with van der Waals surface area (Å²) in [5.74, 6) is -0.698. The summed E-state index contributed by atoms with van der Waals surface area (Å²) in [4.78, 5) is 52.8. The van der Waals surface area contributed by atoms with Crippen molar-refractivity contribution in [3.63, 3.8) is 0 Å². The second-order valence-electron chi connectivity index (χ2n) is 9.33. The van der Waals surface area contributed by atoms with E-state index in [1.54, 1.807) is 26.0 Å². The van der Waals surface area contributed by atoms with E-state index in [4.69, 9.17) is 25.8 Å². The number of sulfone groups is 1. The molecule has 2 aliphatic rings. The maximum Gasteiger partial charge on any atom is 0.348 e. The number of ether oxygens (including phenoxy) is 3. The molecular weight excluding hydrogens is 626 g/mol. The number of Topliss-reactive ketones (excluding diaryl/α,β-unsaturated/α-hetero) is 2. The molecule has 0 saturated heterocycles. The SMILES string of the molecule is CCOC(=O)c1sc(Oc2ccc(Cl)nc2)c2c1CCCC2=O.CCOC(=O)c1sc(S(C)(=O)=O)c2c1CCCC2=O. The van der Waals surface area contributed by atoms with E-state index >= 15 is 0 Å². The number of hydrogen-bond acceptors (Lipinski definition) is 12. The Hall–Kier alpha value is -3.13. The Morgan fingerprint density at radius 3 is 1.95 bits per heavy atom. The molecular formula is C28H28ClNO9S3. The number of rotatable bonds is 7. The van der Waals surface area contributed by atoms with Crippen LogP contribution in [0.2, 0.25) is 5.15 Å². The number of carbonyl (C=O) groups is 4. The highest BCUT2D eigenvalue weighted by Crippen LogP contribution is 2.42. The molecule has 0 spiro atoms. The quantitative estimate of drug-likeness (QED) is 0.216. The monoisotopic (exact) mass is 653 g/mol. The van der Waals surface area contributed by atoms with Gasteiger partial charge >= 0.3 is 11.9 Å². The molecule has 0 amide bonds. The van der Waals surface area contributed by atoms with E-state index < -0.39 is 21.8 Å². The van der Waals surface area contributed by atoms with Crippen LogP contribution in [0.15, 0.2) is 22.5 Å². The lowest BCUT2D eigenvalue weighted by Gasteiger charge is -2.13. The van der Waals surface area contributed by atoms with Gasteiger partial charge in [0.25, 0.3) is 0 Å². The normalized spacial score (nSPS) is 14.3. The molecule has 3 heterocycles. The van der Waals surface area contributed by atoms with Crippen molar-refractivity contribution in [1.29, 1.82) is 0 Å². The highest BCUT2D eigenvalue weighted by molar-refractivity contribution is 7.92. The zero-order chi connectivity index (χ0) is 30.6. The van der Waals surface area contributed by atoms with Crippen molar-refractivity contribution in [3.8, 4) is 10.8 Å². The number of halogens is 1. The largest absolute Gasteiger partial charge is 0.462 e. The molecule has 0 saturated carbocycles. The smallest absolute Gasteiger partial charge is 0.348 e. The third-order valence-electron chi connectivity index (χ3n) is 6.34. The van der Waals surface area contributed by atoms with Gasteiger partial charge in [0, 0.05) is 19.1 Å². The summed E-state index contributed by atoms with van der Waals surface area (Å²) in [5, 5.41) is 0.769. The first-order valence-corrected chi connectivity index (χ1v) is 17.1. The number of fused-ring (bicyclic) bond motifs is 2. The Bertz CT molecular complexity index is 1640. The molecule has 0 radical (unpaired) electrons. The Labute approximate surface area is 255 Å². The average Bonchev–Trinajstić information content (AvgIpc) is 3.52. The van der Waals surface area contributed by atoms with E-state index in [0.29, 0.717) is 64.1 Å². The van der Waals surface area contributed by atoms with Crippen LogP contribution in [0.3, 0.4) is 0 Å². The lowest BCUT2D eigenvalue weighted by Crippen LogP contribution is -2.14. The fourth-order valence-corrected chi connectivity index (χ4v) is 8.31. The molecule has 0 aliphatic heterocycles. The Balaban J connectivity index is 0.000000197. The molecule has 0 atom stereocenters. The predicted octanol–water partition coefficient (Wildman–Crippen LogP) is 6.13. The summed E-state index contributed by atoms with van der Waals surface area (Å²) >= 11 is 7.75. The summed E-state index contributed by atoms with van der Waals surface area (Å²) in [6, 6.07) is 3.27. The number of carbonyl (C=O) groups excluding carboxylic acids is 4. The number of ketones is 2. The number of pyridine rings is 1. The summed E-state index contributed by atoms with van der Waals surface area (Å²) in [5.41, 5.74) is 1.99. The minimum absolute atomic E-state index is 0.00440. The second-order valence-corrected chi connectivity index (χ2v) is 13.9. The molecule has 0 aromatic carbocycles. The number of esters is 2. The zero-order valence-electron chi connectivity index (χ0n) is 23.1. The Morgan fingerprint density at radius 2 is 1.43 bits per heavy atom. The van der Waals surface area contributed by atoms with Gasteiger partial charge < -0.3 is 14.2 Å². The highest BCUT2D eigenvalue weighted by Gasteiger charge is 2.34. The van der Waals surface area contributed by atoms with Gasteiger partial charge in [-0.2, -0.15) is 0 Å². The molecule has 3 aromatic heterocycles. The van der Waals surface area contributed by atoms with Crippen molar-refractivity contribution >= 4 is 67.6 Å². The molecule has 10 nitrogen and oxygen atoms in total. The standard InChI is InChI=1S/C16H14ClNO4S.C12H14O5S2/c1-2-21-15(20)14-10-4-3-5-11(19)13(10)16(23-14)22-9-6-7-12(17)18-8-9;1-3-17-11(14)10-7-5-4-6-8(13)9(7)12(18-10)19(2,15)16/h6-8H,2-5H2,1H3;3-6H2,1-2H3. The topological polar surface area (TPSA) is 143 Å². The van der Waals surface area contributed by atoms with E-state index in [2.05, 4.69) is 4.98 Å². The van der Waals surface area contributed by atoms with E-state index in [0.717, 1.165) is 40.9 Å². The fraction of sp³-hybridized carbons (Fsp3) is 0.393. The van der Waals surface area contributed by atoms with Crippen LogP contribution in [0, 0.1) is 0 Å². The van der Waals surface area contributed by atoms with Gasteiger partial charge in [0.15, 0.2) is 26.5 Å². The number of hydrogen-bond donors (Lipinski definition) is 0. The maximum atomic E-state index is 12.3. The van der Waals surface area contributed by atoms with Gasteiger partial charge in [0.2, 0.25) is 0 Å². The minimum atomic E-state index is -3.51. The van der Waals surface area contributed by atoms with Crippen LogP contribution in [-0.2, 0) is 32.2 Å². The molecule has 0 fully saturated rings. The average molecular weight is 654 g/mol. The number of nitrogens with zero attached hydrogens (tertiary/aromatic N) is 1. The van der Waals surface area contributed by atoms with Gasteiger partial charge in [-0.15, -0.1) is 11.3 Å². The molecule has 0 unspecified atom stereocenters. The first-order chi connectivity index (χ1) is 20.0. The van der Waals surface area contributed by atoms with Crippen LogP contribution in [0.1, 0.15) is 90.7 Å². The van der Waals surface area contributed by atoms with Crippen molar-refractivity contribution < 1.29 is 41.8 Å². The van der Waals surface area contributed by atoms with Crippen molar-refractivity contribution in [2.45, 2.75) is 56.6 Å². The van der Waals surface area contributed by atoms with Crippen molar-refractivity contribution in [2.24, 2.45) is 0 Å². The van der Waals surface area contributed by atoms with Crippen LogP contribution in [0.4, 0.5) is 0 Å². The molecule has 3 aromatic rings. The maximum absolute atomic E-state index is 12.3. The Kier molecular flexibility index (Phi) is 10.2. The third-order valence-corrected chi connectivity index (χ3v) is 10.7. The van der Waals surface area contributed by atoms with Gasteiger partial charge in [-0.3, -0.25) is 9.59 Å². The van der Waals surface area contributed by atoms with Crippen LogP contribution >= 0.6 is 34.3 Å². The summed E-state index contributed by atoms with van der Waals surface area (Å²) in [7, 11) is -3.51. The van der Waals surface area contributed by atoms with E-state index in [1.807, 2.05) is 0 Å². The molecule has 5 rings (SSSR count). The van der Waals surface area contributed by atoms with Gasteiger partial charge in [0.05, 0.1) is 30.5 Å². The lowest BCUT2D eigenvalue weighted by atomic mass is 9.92. The third kappa shape index (κ3) is 6.91. The summed E-state index contributed by atoms with van der Waals surface area (Å²) < 4.78 is 39.3. The fourth-order valence-electron chi connectivity index (χ4n) is 4.61. The van der Waals surface area contributed by atoms with Gasteiger partial charge in [-0.25, -0.2) is 23.0 Å². The molecule has 14 heteroatoms. The second kappa shape index (κ2) is 13.4. The summed E-state index contributed by atoms with van der Waals surface area (Å²) in [6.07, 6.45) is 5.90. The van der Waals surface area contributed by atoms with E-state index in [1.165, 1.54) is 6.20 Å². The van der Waals surface area contributed by atoms with E-state index in [-0.39, 0.29) is 39.4 Å². The predicted molar refractivity (Wildman–Crippen MR) is 158 cm³/mol. The van der Waals surface area contributed by atoms with Crippen LogP contribution in [-0.4, -0.2) is 56.4 Å². The minimum Gasteiger partial charge on any atom is -0.462 e. The van der Waals surface area contributed by atoms with Gasteiger partial charge in [-0.05, 0) is 62.8 Å². The zero-order valence-corrected chi connectivity index (χ0v) is 26.3. The lowest BCUT2D eigenvalue weighted by molar-refractivity contribution is 0.0520. The van der Waals surface area contributed by atoms with Crippen molar-refractivity contribution in [3.05, 3.63) is 55.5 Å². The Morgan fingerprint density at radius 1 is 0.881 bits per heavy atom. The molecule has 224 valence electrons. The van der Waals surface area contributed by atoms with Crippen LogP contribution in [0.5, 0.6) is 10.8 Å². The molecule has 42 heavy (non-hydrogen) atoms. The molecule has 2 aliphatic carbocycles.